The Morgan fingerprint density at radius 1 is 1.54 bits per heavy atom. The fraction of sp³-hybridized carbons (Fsp3) is 0.111. The summed E-state index contributed by atoms with van der Waals surface area (Å²) in [4.78, 5) is 0. The van der Waals surface area contributed by atoms with Crippen LogP contribution >= 0.6 is 0 Å². The van der Waals surface area contributed by atoms with E-state index in [9.17, 15) is 0 Å². The molecule has 1 aromatic heterocycles. The van der Waals surface area contributed by atoms with E-state index >= 15 is 0 Å². The maximum atomic E-state index is 9.12. The zero-order valence-electron chi connectivity index (χ0n) is 6.69. The van der Waals surface area contributed by atoms with Gasteiger partial charge in [0.2, 0.25) is 0 Å². The van der Waals surface area contributed by atoms with Gasteiger partial charge in [0.05, 0.1) is 12.5 Å². The Bertz CT molecular complexity index is 482. The van der Waals surface area contributed by atoms with Gasteiger partial charge in [-0.3, -0.25) is 0 Å². The quantitative estimate of drug-likeness (QED) is 0.712. The highest BCUT2D eigenvalue weighted by Gasteiger charge is 2.07. The van der Waals surface area contributed by atoms with Crippen LogP contribution < -0.4 is 0 Å². The van der Waals surface area contributed by atoms with E-state index in [4.69, 9.17) is 14.9 Å². The Labute approximate surface area is 74.0 Å². The van der Waals surface area contributed by atoms with Crippen LogP contribution in [0, 0.1) is 11.3 Å². The van der Waals surface area contributed by atoms with Gasteiger partial charge in [-0.15, -0.1) is 0 Å². The third-order valence-electron chi connectivity index (χ3n) is 1.78. The fourth-order valence-corrected chi connectivity index (χ4v) is 1.18. The van der Waals surface area contributed by atoms with Crippen molar-refractivity contribution in [2.24, 2.45) is 0 Å². The van der Waals surface area contributed by atoms with Crippen LogP contribution in [0.5, 0.6) is 5.75 Å². The van der Waals surface area contributed by atoms with Crippen LogP contribution in [-0.2, 0) is 6.42 Å². The van der Waals surface area contributed by atoms with Gasteiger partial charge in [-0.1, -0.05) is 5.16 Å². The summed E-state index contributed by atoms with van der Waals surface area (Å²) in [7, 11) is 0. The lowest BCUT2D eigenvalue weighted by atomic mass is 10.2. The molecule has 0 aliphatic heterocycles. The second-order valence-corrected chi connectivity index (χ2v) is 2.64. The minimum absolute atomic E-state index is 0.132. The van der Waals surface area contributed by atoms with E-state index in [0.29, 0.717) is 11.3 Å². The highest BCUT2D eigenvalue weighted by atomic mass is 16.5. The molecule has 64 valence electrons. The van der Waals surface area contributed by atoms with Crippen molar-refractivity contribution < 1.29 is 9.63 Å². The van der Waals surface area contributed by atoms with Gasteiger partial charge in [0, 0.05) is 11.5 Å². The fourth-order valence-electron chi connectivity index (χ4n) is 1.18. The van der Waals surface area contributed by atoms with Crippen molar-refractivity contribution in [3.8, 4) is 11.8 Å². The molecule has 0 atom stereocenters. The Morgan fingerprint density at radius 2 is 2.38 bits per heavy atom. The zero-order valence-corrected chi connectivity index (χ0v) is 6.69. The van der Waals surface area contributed by atoms with Crippen molar-refractivity contribution in [2.75, 3.05) is 0 Å². The van der Waals surface area contributed by atoms with E-state index in [2.05, 4.69) is 5.16 Å². The Hall–Kier alpha value is -2.02. The van der Waals surface area contributed by atoms with Crippen molar-refractivity contribution in [3.05, 3.63) is 23.9 Å². The SMILES string of the molecule is N#CCc1noc2cc(O)ccc12. The van der Waals surface area contributed by atoms with Gasteiger partial charge >= 0.3 is 0 Å². The standard InChI is InChI=1S/C9H6N2O2/c10-4-3-8-7-2-1-6(12)5-9(7)13-11-8/h1-2,5,12H,3H2. The minimum Gasteiger partial charge on any atom is -0.508 e. The van der Waals surface area contributed by atoms with Crippen molar-refractivity contribution in [1.29, 1.82) is 5.26 Å². The largest absolute Gasteiger partial charge is 0.508 e. The normalized spacial score (nSPS) is 10.1. The summed E-state index contributed by atoms with van der Waals surface area (Å²) in [5.41, 5.74) is 1.11. The summed E-state index contributed by atoms with van der Waals surface area (Å²) in [5.74, 6) is 0.132. The van der Waals surface area contributed by atoms with Crippen LogP contribution in [0.2, 0.25) is 0 Å². The van der Waals surface area contributed by atoms with Gasteiger partial charge in [-0.25, -0.2) is 0 Å². The number of aromatic nitrogens is 1. The van der Waals surface area contributed by atoms with E-state index < -0.39 is 0 Å². The first-order valence-corrected chi connectivity index (χ1v) is 3.75. The van der Waals surface area contributed by atoms with E-state index in [1.54, 1.807) is 12.1 Å². The van der Waals surface area contributed by atoms with Crippen molar-refractivity contribution >= 4 is 11.0 Å². The average molecular weight is 174 g/mol. The molecule has 0 spiro atoms. The van der Waals surface area contributed by atoms with Gasteiger partial charge in [0.25, 0.3) is 0 Å². The lowest BCUT2D eigenvalue weighted by molar-refractivity contribution is 0.443. The number of phenolic OH excluding ortho intramolecular Hbond substituents is 1. The molecule has 13 heavy (non-hydrogen) atoms. The number of rotatable bonds is 1. The molecular formula is C9H6N2O2. The van der Waals surface area contributed by atoms with E-state index in [0.717, 1.165) is 5.39 Å². The number of phenols is 1. The van der Waals surface area contributed by atoms with Crippen LogP contribution in [0.4, 0.5) is 0 Å². The van der Waals surface area contributed by atoms with Gasteiger partial charge in [0.1, 0.15) is 11.4 Å². The first-order valence-electron chi connectivity index (χ1n) is 3.75. The second-order valence-electron chi connectivity index (χ2n) is 2.64. The van der Waals surface area contributed by atoms with Gasteiger partial charge in [0.15, 0.2) is 5.58 Å². The molecule has 2 rings (SSSR count). The molecule has 0 unspecified atom stereocenters. The van der Waals surface area contributed by atoms with Gasteiger partial charge < -0.3 is 9.63 Å². The van der Waals surface area contributed by atoms with Crippen LogP contribution in [0.3, 0.4) is 0 Å². The van der Waals surface area contributed by atoms with E-state index in [1.807, 2.05) is 6.07 Å². The van der Waals surface area contributed by atoms with Crippen molar-refractivity contribution in [1.82, 2.24) is 5.16 Å². The molecule has 0 fully saturated rings. The summed E-state index contributed by atoms with van der Waals surface area (Å²) >= 11 is 0. The molecular weight excluding hydrogens is 168 g/mol. The van der Waals surface area contributed by atoms with Crippen LogP contribution in [0.25, 0.3) is 11.0 Å². The molecule has 4 nitrogen and oxygen atoms in total. The lowest BCUT2D eigenvalue weighted by Gasteiger charge is -1.89. The molecule has 0 bridgehead atoms. The summed E-state index contributed by atoms with van der Waals surface area (Å²) in [6, 6.07) is 6.70. The molecule has 0 aliphatic carbocycles. The molecule has 2 aromatic rings. The molecule has 0 radical (unpaired) electrons. The highest BCUT2D eigenvalue weighted by molar-refractivity contribution is 5.80. The second kappa shape index (κ2) is 2.79. The minimum atomic E-state index is 0.132. The summed E-state index contributed by atoms with van der Waals surface area (Å²) < 4.78 is 4.92. The topological polar surface area (TPSA) is 70.0 Å². The van der Waals surface area contributed by atoms with Gasteiger partial charge in [-0.2, -0.15) is 5.26 Å². The monoisotopic (exact) mass is 174 g/mol. The van der Waals surface area contributed by atoms with Gasteiger partial charge in [-0.05, 0) is 12.1 Å². The first-order chi connectivity index (χ1) is 6.31. The number of benzene rings is 1. The third-order valence-corrected chi connectivity index (χ3v) is 1.78. The number of hydrogen-bond acceptors (Lipinski definition) is 4. The number of fused-ring (bicyclic) bond motifs is 1. The van der Waals surface area contributed by atoms with Crippen LogP contribution in [0.15, 0.2) is 22.7 Å². The zero-order chi connectivity index (χ0) is 9.26. The van der Waals surface area contributed by atoms with E-state index in [-0.39, 0.29) is 12.2 Å². The molecule has 4 heteroatoms. The van der Waals surface area contributed by atoms with Crippen molar-refractivity contribution in [3.63, 3.8) is 0 Å². The summed E-state index contributed by atoms with van der Waals surface area (Å²) in [6.45, 7) is 0. The molecule has 1 heterocycles. The van der Waals surface area contributed by atoms with Crippen LogP contribution in [-0.4, -0.2) is 10.3 Å². The summed E-state index contributed by atoms with van der Waals surface area (Å²) in [6.07, 6.45) is 0.220. The Balaban J connectivity index is 2.63. The predicted octanol–water partition coefficient (Wildman–Crippen LogP) is 1.60. The highest BCUT2D eigenvalue weighted by Crippen LogP contribution is 2.22. The van der Waals surface area contributed by atoms with Crippen LogP contribution in [0.1, 0.15) is 5.69 Å². The Morgan fingerprint density at radius 3 is 3.15 bits per heavy atom. The number of hydrogen-bond donors (Lipinski definition) is 1. The molecule has 1 aromatic carbocycles. The number of nitrogens with zero attached hydrogens (tertiary/aromatic N) is 2. The third kappa shape index (κ3) is 1.20. The number of nitriles is 1. The molecule has 0 aliphatic rings. The maximum absolute atomic E-state index is 9.12. The lowest BCUT2D eigenvalue weighted by Crippen LogP contribution is -1.80. The predicted molar refractivity (Wildman–Crippen MR) is 45.0 cm³/mol. The summed E-state index contributed by atoms with van der Waals surface area (Å²) in [5, 5.41) is 22.1. The smallest absolute Gasteiger partial charge is 0.170 e. The van der Waals surface area contributed by atoms with E-state index in [1.165, 1.54) is 6.07 Å². The Kier molecular flexibility index (Phi) is 1.64. The number of aromatic hydroxyl groups is 1. The molecule has 0 saturated carbocycles. The molecule has 1 N–H and O–H groups in total. The maximum Gasteiger partial charge on any atom is 0.170 e. The molecule has 0 saturated heterocycles. The average Bonchev–Trinajstić information content (AvgIpc) is 2.49. The first kappa shape index (κ1) is 7.62. The molecule has 0 amide bonds. The van der Waals surface area contributed by atoms with Crippen molar-refractivity contribution in [2.45, 2.75) is 6.42 Å².